The minimum absolute atomic E-state index is 0.0124. The summed E-state index contributed by atoms with van der Waals surface area (Å²) in [6, 6.07) is 11.8. The topological polar surface area (TPSA) is 141 Å². The first-order valence-corrected chi connectivity index (χ1v) is 14.7. The third-order valence-electron chi connectivity index (χ3n) is 7.72. The number of ketones is 1. The van der Waals surface area contributed by atoms with Gasteiger partial charge in [0.05, 0.1) is 28.1 Å². The van der Waals surface area contributed by atoms with Crippen LogP contribution in [0, 0.1) is 5.92 Å². The van der Waals surface area contributed by atoms with E-state index in [4.69, 9.17) is 0 Å². The van der Waals surface area contributed by atoms with E-state index >= 15 is 0 Å². The first kappa shape index (κ1) is 26.2. The summed E-state index contributed by atoms with van der Waals surface area (Å²) in [5.74, 6) is 0.477. The molecular weight excluding hydrogens is 548 g/mol. The number of nitrogens with one attached hydrogen (secondary N) is 4. The Hall–Kier alpha value is -4.74. The molecule has 210 valence electrons. The van der Waals surface area contributed by atoms with Crippen LogP contribution < -0.4 is 10.6 Å². The molecule has 0 radical (unpaired) electrons. The molecule has 4 N–H and O–H groups in total. The summed E-state index contributed by atoms with van der Waals surface area (Å²) in [6.45, 7) is 3.51. The van der Waals surface area contributed by atoms with Gasteiger partial charge in [0, 0.05) is 57.4 Å². The number of nitrogens with zero attached hydrogens (tertiary/aromatic N) is 4. The molecule has 7 rings (SSSR count). The van der Waals surface area contributed by atoms with Crippen molar-refractivity contribution in [2.45, 2.75) is 26.2 Å². The Morgan fingerprint density at radius 1 is 1.00 bits per heavy atom. The quantitative estimate of drug-likeness (QED) is 0.175. The molecule has 0 unspecified atom stereocenters. The molecule has 6 aromatic rings. The largest absolute Gasteiger partial charge is 0.338 e. The maximum absolute atomic E-state index is 12.7. The summed E-state index contributed by atoms with van der Waals surface area (Å²) in [6.07, 6.45) is 9.52. The lowest BCUT2D eigenvalue weighted by atomic mass is 9.94. The van der Waals surface area contributed by atoms with Crippen molar-refractivity contribution >= 4 is 50.8 Å². The molecule has 7 heterocycles. The smallest absolute Gasteiger partial charge is 0.224 e. The highest BCUT2D eigenvalue weighted by Gasteiger charge is 2.18. The molecule has 1 aliphatic heterocycles. The van der Waals surface area contributed by atoms with Gasteiger partial charge < -0.3 is 15.6 Å². The number of amides is 1. The summed E-state index contributed by atoms with van der Waals surface area (Å²) in [5.41, 5.74) is 6.31. The van der Waals surface area contributed by atoms with Crippen molar-refractivity contribution < 1.29 is 9.59 Å². The molecule has 0 atom stereocenters. The lowest BCUT2D eigenvalue weighted by Crippen LogP contribution is -2.30. The van der Waals surface area contributed by atoms with E-state index in [1.165, 1.54) is 11.3 Å². The average Bonchev–Trinajstić information content (AvgIpc) is 3.75. The molecule has 0 aliphatic carbocycles. The zero-order valence-corrected chi connectivity index (χ0v) is 23.7. The van der Waals surface area contributed by atoms with Crippen LogP contribution in [0.3, 0.4) is 0 Å². The van der Waals surface area contributed by atoms with Crippen molar-refractivity contribution in [3.63, 3.8) is 0 Å². The molecule has 1 amide bonds. The van der Waals surface area contributed by atoms with Gasteiger partial charge in [-0.25, -0.2) is 9.97 Å². The first-order chi connectivity index (χ1) is 20.5. The number of pyridine rings is 3. The minimum Gasteiger partial charge on any atom is -0.338 e. The van der Waals surface area contributed by atoms with Crippen LogP contribution in [0.5, 0.6) is 0 Å². The number of fused-ring (bicyclic) bond motifs is 2. The lowest BCUT2D eigenvalue weighted by Gasteiger charge is -2.21. The highest BCUT2D eigenvalue weighted by atomic mass is 32.1. The number of carbonyl (C=O) groups excluding carboxylic acids is 2. The van der Waals surface area contributed by atoms with E-state index in [2.05, 4.69) is 40.8 Å². The fraction of sp³-hybridized carbons (Fsp3) is 0.226. The summed E-state index contributed by atoms with van der Waals surface area (Å²) in [7, 11) is 0. The SMILES string of the molecule is CC(=O)c1ccc(-c2ccnc3[nH]c(-c4[nH]nc5ncc(-c6cncc(NC(=O)CC7CCNCC7)c6)cc45)cc23)s1. The van der Waals surface area contributed by atoms with Crippen molar-refractivity contribution in [1.82, 2.24) is 35.5 Å². The summed E-state index contributed by atoms with van der Waals surface area (Å²) < 4.78 is 0. The van der Waals surface area contributed by atoms with Crippen molar-refractivity contribution in [3.8, 4) is 33.0 Å². The third-order valence-corrected chi connectivity index (χ3v) is 8.94. The van der Waals surface area contributed by atoms with Crippen LogP contribution >= 0.6 is 11.3 Å². The van der Waals surface area contributed by atoms with E-state index in [1.807, 2.05) is 36.4 Å². The average molecular weight is 577 g/mol. The number of hydrogen-bond acceptors (Lipinski definition) is 8. The molecule has 6 aromatic heterocycles. The van der Waals surface area contributed by atoms with Gasteiger partial charge in [0.1, 0.15) is 5.65 Å². The number of anilines is 1. The van der Waals surface area contributed by atoms with E-state index in [-0.39, 0.29) is 11.7 Å². The Kier molecular flexibility index (Phi) is 6.80. The van der Waals surface area contributed by atoms with Crippen LogP contribution in [0.2, 0.25) is 0 Å². The molecule has 42 heavy (non-hydrogen) atoms. The number of piperidine rings is 1. The monoisotopic (exact) mass is 576 g/mol. The van der Waals surface area contributed by atoms with Crippen LogP contribution in [0.4, 0.5) is 5.69 Å². The highest BCUT2D eigenvalue weighted by molar-refractivity contribution is 7.17. The Morgan fingerprint density at radius 2 is 1.86 bits per heavy atom. The molecule has 0 aromatic carbocycles. The maximum atomic E-state index is 12.7. The van der Waals surface area contributed by atoms with Gasteiger partial charge >= 0.3 is 0 Å². The van der Waals surface area contributed by atoms with E-state index in [0.29, 0.717) is 23.7 Å². The number of rotatable bonds is 7. The molecule has 10 nitrogen and oxygen atoms in total. The Morgan fingerprint density at radius 3 is 2.69 bits per heavy atom. The molecule has 1 fully saturated rings. The second-order valence-corrected chi connectivity index (χ2v) is 11.7. The number of carbonyl (C=O) groups is 2. The number of Topliss-reactive ketones (excluding diaryl/α,β-unsaturated/α-hetero) is 1. The number of aromatic nitrogens is 6. The molecule has 0 bridgehead atoms. The zero-order valence-electron chi connectivity index (χ0n) is 22.9. The van der Waals surface area contributed by atoms with Gasteiger partial charge in [-0.05, 0) is 75.2 Å². The summed E-state index contributed by atoms with van der Waals surface area (Å²) >= 11 is 1.47. The Labute approximate surface area is 245 Å². The first-order valence-electron chi connectivity index (χ1n) is 13.9. The standard InChI is InChI=1S/C31H28N8O2S/c1-17(40)26-2-3-27(42-26)22-6-9-34-30-23(22)13-25(37-30)29-24-12-20(15-35-31(24)39-38-29)19-11-21(16-33-14-19)36-28(41)10-18-4-7-32-8-5-18/h2-3,6,9,11-16,18,32H,4-5,7-8,10H2,1H3,(H,34,37)(H,36,41)(H,35,38,39). The fourth-order valence-electron chi connectivity index (χ4n) is 5.54. The summed E-state index contributed by atoms with van der Waals surface area (Å²) in [5, 5.41) is 15.7. The van der Waals surface area contributed by atoms with E-state index in [0.717, 1.165) is 80.2 Å². The van der Waals surface area contributed by atoms with Crippen molar-refractivity contribution in [2.75, 3.05) is 18.4 Å². The zero-order chi connectivity index (χ0) is 28.6. The number of aromatic amines is 2. The maximum Gasteiger partial charge on any atom is 0.224 e. The number of hydrogen-bond donors (Lipinski definition) is 4. The van der Waals surface area contributed by atoms with Gasteiger partial charge in [-0.15, -0.1) is 11.3 Å². The van der Waals surface area contributed by atoms with Gasteiger partial charge in [0.2, 0.25) is 5.91 Å². The molecule has 1 saturated heterocycles. The predicted octanol–water partition coefficient (Wildman–Crippen LogP) is 5.82. The number of thiophene rings is 1. The van der Waals surface area contributed by atoms with E-state index < -0.39 is 0 Å². The highest BCUT2D eigenvalue weighted by Crippen LogP contribution is 2.36. The van der Waals surface area contributed by atoms with Crippen LogP contribution in [-0.4, -0.2) is 54.9 Å². The van der Waals surface area contributed by atoms with Gasteiger partial charge in [0.15, 0.2) is 11.4 Å². The predicted molar refractivity (Wildman–Crippen MR) is 164 cm³/mol. The fourth-order valence-corrected chi connectivity index (χ4v) is 6.48. The van der Waals surface area contributed by atoms with Crippen LogP contribution in [0.1, 0.15) is 35.9 Å². The van der Waals surface area contributed by atoms with Crippen molar-refractivity contribution in [2.24, 2.45) is 5.92 Å². The van der Waals surface area contributed by atoms with E-state index in [1.54, 1.807) is 31.7 Å². The Balaban J connectivity index is 1.19. The summed E-state index contributed by atoms with van der Waals surface area (Å²) in [4.78, 5) is 43.2. The molecule has 1 aliphatic rings. The molecular formula is C31H28N8O2S. The van der Waals surface area contributed by atoms with Gasteiger partial charge in [-0.1, -0.05) is 0 Å². The van der Waals surface area contributed by atoms with Gasteiger partial charge in [0.25, 0.3) is 0 Å². The van der Waals surface area contributed by atoms with Crippen LogP contribution in [0.25, 0.3) is 55.0 Å². The van der Waals surface area contributed by atoms with Gasteiger partial charge in [-0.3, -0.25) is 19.7 Å². The second kappa shape index (κ2) is 10.9. The second-order valence-electron chi connectivity index (χ2n) is 10.6. The molecule has 0 saturated carbocycles. The van der Waals surface area contributed by atoms with Crippen molar-refractivity contribution in [3.05, 3.63) is 66.1 Å². The molecule has 0 spiro atoms. The van der Waals surface area contributed by atoms with Gasteiger partial charge in [-0.2, -0.15) is 5.10 Å². The minimum atomic E-state index is 0.0124. The number of H-pyrrole nitrogens is 2. The Bertz CT molecular complexity index is 1950. The lowest BCUT2D eigenvalue weighted by molar-refractivity contribution is -0.117. The van der Waals surface area contributed by atoms with Crippen LogP contribution in [-0.2, 0) is 4.79 Å². The van der Waals surface area contributed by atoms with Crippen molar-refractivity contribution in [1.29, 1.82) is 0 Å². The molecule has 11 heteroatoms. The van der Waals surface area contributed by atoms with Crippen LogP contribution in [0.15, 0.2) is 61.2 Å². The normalized spacial score (nSPS) is 14.0. The third kappa shape index (κ3) is 5.08. The van der Waals surface area contributed by atoms with E-state index in [9.17, 15) is 9.59 Å².